The predicted molar refractivity (Wildman–Crippen MR) is 78.4 cm³/mol. The van der Waals surface area contributed by atoms with E-state index in [4.69, 9.17) is 0 Å². The highest BCUT2D eigenvalue weighted by molar-refractivity contribution is 5.94. The van der Waals surface area contributed by atoms with Crippen molar-refractivity contribution in [3.05, 3.63) is 59.4 Å². The van der Waals surface area contributed by atoms with Crippen molar-refractivity contribution in [2.45, 2.75) is 19.1 Å². The molecule has 1 aromatic heterocycles. The molecule has 1 aromatic carbocycles. The van der Waals surface area contributed by atoms with Crippen LogP contribution in [0.4, 0.5) is 8.78 Å². The van der Waals surface area contributed by atoms with Gasteiger partial charge in [-0.05, 0) is 37.4 Å². The fourth-order valence-electron chi connectivity index (χ4n) is 2.72. The molecule has 0 radical (unpaired) electrons. The first kappa shape index (κ1) is 14.7. The van der Waals surface area contributed by atoms with Crippen molar-refractivity contribution in [2.75, 3.05) is 13.6 Å². The van der Waals surface area contributed by atoms with Crippen molar-refractivity contribution in [3.8, 4) is 0 Å². The Labute approximate surface area is 127 Å². The number of hydrogen-bond acceptors (Lipinski definition) is 2. The van der Waals surface area contributed by atoms with Crippen LogP contribution in [0.25, 0.3) is 0 Å². The molecule has 3 rings (SSSR count). The summed E-state index contributed by atoms with van der Waals surface area (Å²) in [5.74, 6) is -1.94. The van der Waals surface area contributed by atoms with E-state index in [1.165, 1.54) is 5.69 Å². The molecule has 116 valence electrons. The molecular formula is C16H17F2N3O. The van der Waals surface area contributed by atoms with Crippen molar-refractivity contribution in [1.82, 2.24) is 14.8 Å². The van der Waals surface area contributed by atoms with E-state index < -0.39 is 17.5 Å². The highest BCUT2D eigenvalue weighted by Crippen LogP contribution is 2.16. The maximum Gasteiger partial charge on any atom is 0.254 e. The third-order valence-corrected chi connectivity index (χ3v) is 4.04. The van der Waals surface area contributed by atoms with Crippen LogP contribution in [0.15, 0.2) is 36.5 Å². The Bertz CT molecular complexity index is 698. The zero-order valence-corrected chi connectivity index (χ0v) is 12.2. The summed E-state index contributed by atoms with van der Waals surface area (Å²) in [6, 6.07) is 7.04. The topological polar surface area (TPSA) is 37.3 Å². The molecule has 4 nitrogen and oxygen atoms in total. The number of carbonyl (C=O) groups excluding carboxylic acids is 1. The molecule has 22 heavy (non-hydrogen) atoms. The average molecular weight is 305 g/mol. The molecule has 1 amide bonds. The zero-order valence-electron chi connectivity index (χ0n) is 12.2. The van der Waals surface area contributed by atoms with Gasteiger partial charge in [0, 0.05) is 37.6 Å². The molecule has 6 heteroatoms. The van der Waals surface area contributed by atoms with E-state index in [2.05, 4.69) is 20.9 Å². The van der Waals surface area contributed by atoms with Crippen LogP contribution in [0, 0.1) is 11.6 Å². The SMILES string of the molecule is CN1Cc2cccn2CC1CNC(=O)c1cc(F)ccc1F. The Morgan fingerprint density at radius 2 is 2.18 bits per heavy atom. The van der Waals surface area contributed by atoms with Gasteiger partial charge in [-0.3, -0.25) is 9.69 Å². The highest BCUT2D eigenvalue weighted by atomic mass is 19.1. The lowest BCUT2D eigenvalue weighted by Crippen LogP contribution is -2.47. The van der Waals surface area contributed by atoms with Crippen LogP contribution < -0.4 is 5.32 Å². The average Bonchev–Trinajstić information content (AvgIpc) is 2.94. The molecule has 0 spiro atoms. The van der Waals surface area contributed by atoms with Gasteiger partial charge >= 0.3 is 0 Å². The molecule has 0 fully saturated rings. The number of carbonyl (C=O) groups is 1. The van der Waals surface area contributed by atoms with Gasteiger partial charge in [-0.2, -0.15) is 0 Å². The van der Waals surface area contributed by atoms with Gasteiger partial charge in [0.05, 0.1) is 5.56 Å². The van der Waals surface area contributed by atoms with Crippen LogP contribution in [0.1, 0.15) is 16.1 Å². The fourth-order valence-corrected chi connectivity index (χ4v) is 2.72. The van der Waals surface area contributed by atoms with Gasteiger partial charge < -0.3 is 9.88 Å². The predicted octanol–water partition coefficient (Wildman–Crippen LogP) is 2.01. The number of aromatic nitrogens is 1. The number of hydrogen-bond donors (Lipinski definition) is 1. The Morgan fingerprint density at radius 3 is 3.00 bits per heavy atom. The van der Waals surface area contributed by atoms with Crippen molar-refractivity contribution in [3.63, 3.8) is 0 Å². The summed E-state index contributed by atoms with van der Waals surface area (Å²) >= 11 is 0. The minimum absolute atomic E-state index is 0.112. The van der Waals surface area contributed by atoms with Crippen molar-refractivity contribution < 1.29 is 13.6 Å². The number of rotatable bonds is 3. The third kappa shape index (κ3) is 2.87. The van der Waals surface area contributed by atoms with Crippen LogP contribution in [-0.2, 0) is 13.1 Å². The first-order chi connectivity index (χ1) is 10.5. The summed E-state index contributed by atoms with van der Waals surface area (Å²) in [6.07, 6.45) is 2.00. The van der Waals surface area contributed by atoms with Crippen molar-refractivity contribution in [1.29, 1.82) is 0 Å². The Hall–Kier alpha value is -2.21. The monoisotopic (exact) mass is 305 g/mol. The smallest absolute Gasteiger partial charge is 0.254 e. The Morgan fingerprint density at radius 1 is 1.36 bits per heavy atom. The Balaban J connectivity index is 1.65. The van der Waals surface area contributed by atoms with Gasteiger partial charge in [-0.25, -0.2) is 8.78 Å². The van der Waals surface area contributed by atoms with Crippen LogP contribution >= 0.6 is 0 Å². The lowest BCUT2D eigenvalue weighted by atomic mass is 10.1. The van der Waals surface area contributed by atoms with Crippen LogP contribution in [0.2, 0.25) is 0 Å². The number of fused-ring (bicyclic) bond motifs is 1. The molecule has 1 aliphatic rings. The van der Waals surface area contributed by atoms with Gasteiger partial charge in [-0.15, -0.1) is 0 Å². The second kappa shape index (κ2) is 5.88. The fraction of sp³-hybridized carbons (Fsp3) is 0.312. The molecule has 0 saturated heterocycles. The molecule has 2 aromatic rings. The second-order valence-electron chi connectivity index (χ2n) is 5.56. The van der Waals surface area contributed by atoms with E-state index in [0.29, 0.717) is 6.54 Å². The summed E-state index contributed by atoms with van der Waals surface area (Å²) in [7, 11) is 1.98. The maximum absolute atomic E-state index is 13.6. The van der Waals surface area contributed by atoms with Gasteiger partial charge in [0.1, 0.15) is 11.6 Å². The van der Waals surface area contributed by atoms with Crippen molar-refractivity contribution >= 4 is 5.91 Å². The van der Waals surface area contributed by atoms with E-state index in [1.54, 1.807) is 0 Å². The summed E-state index contributed by atoms with van der Waals surface area (Å²) in [5.41, 5.74) is 0.960. The van der Waals surface area contributed by atoms with Gasteiger partial charge in [0.15, 0.2) is 0 Å². The van der Waals surface area contributed by atoms with E-state index in [9.17, 15) is 13.6 Å². The minimum atomic E-state index is -0.719. The van der Waals surface area contributed by atoms with Crippen LogP contribution in [0.5, 0.6) is 0 Å². The number of nitrogens with one attached hydrogen (secondary N) is 1. The first-order valence-corrected chi connectivity index (χ1v) is 7.12. The lowest BCUT2D eigenvalue weighted by molar-refractivity contribution is 0.0921. The van der Waals surface area contributed by atoms with E-state index in [1.807, 2.05) is 19.3 Å². The summed E-state index contributed by atoms with van der Waals surface area (Å²) in [4.78, 5) is 14.2. The quantitative estimate of drug-likeness (QED) is 0.942. The molecule has 1 atom stereocenters. The molecule has 1 N–H and O–H groups in total. The Kier molecular flexibility index (Phi) is 3.94. The van der Waals surface area contributed by atoms with Crippen LogP contribution in [-0.4, -0.2) is 35.0 Å². The number of likely N-dealkylation sites (N-methyl/N-ethyl adjacent to an activating group) is 1. The molecular weight excluding hydrogens is 288 g/mol. The molecule has 1 unspecified atom stereocenters. The van der Waals surface area contributed by atoms with E-state index in [-0.39, 0.29) is 11.6 Å². The van der Waals surface area contributed by atoms with E-state index >= 15 is 0 Å². The normalized spacial score (nSPS) is 18.0. The maximum atomic E-state index is 13.6. The van der Waals surface area contributed by atoms with Gasteiger partial charge in [-0.1, -0.05) is 0 Å². The molecule has 0 bridgehead atoms. The molecule has 2 heterocycles. The molecule has 1 aliphatic heterocycles. The number of nitrogens with zero attached hydrogens (tertiary/aromatic N) is 2. The van der Waals surface area contributed by atoms with Crippen LogP contribution in [0.3, 0.4) is 0 Å². The number of halogens is 2. The third-order valence-electron chi connectivity index (χ3n) is 4.04. The number of benzene rings is 1. The number of amides is 1. The molecule has 0 aliphatic carbocycles. The first-order valence-electron chi connectivity index (χ1n) is 7.12. The largest absolute Gasteiger partial charge is 0.350 e. The van der Waals surface area contributed by atoms with E-state index in [0.717, 1.165) is 31.3 Å². The second-order valence-corrected chi connectivity index (χ2v) is 5.56. The van der Waals surface area contributed by atoms with Gasteiger partial charge in [0.2, 0.25) is 0 Å². The summed E-state index contributed by atoms with van der Waals surface area (Å²) < 4.78 is 28.9. The summed E-state index contributed by atoms with van der Waals surface area (Å²) in [6.45, 7) is 1.93. The van der Waals surface area contributed by atoms with Gasteiger partial charge in [0.25, 0.3) is 5.91 Å². The zero-order chi connectivity index (χ0) is 15.7. The standard InChI is InChI=1S/C16H17F2N3O/c1-20-9-12-3-2-6-21(12)10-13(20)8-19-16(22)14-7-11(17)4-5-15(14)18/h2-7,13H,8-10H2,1H3,(H,19,22). The van der Waals surface area contributed by atoms with Crippen molar-refractivity contribution in [2.24, 2.45) is 0 Å². The summed E-state index contributed by atoms with van der Waals surface area (Å²) in [5, 5.41) is 2.69. The molecule has 0 saturated carbocycles. The lowest BCUT2D eigenvalue weighted by Gasteiger charge is -2.34. The minimum Gasteiger partial charge on any atom is -0.350 e. The highest BCUT2D eigenvalue weighted by Gasteiger charge is 2.23.